The van der Waals surface area contributed by atoms with E-state index in [1.807, 2.05) is 13.1 Å². The summed E-state index contributed by atoms with van der Waals surface area (Å²) in [5.41, 5.74) is 5.63. The van der Waals surface area contributed by atoms with Gasteiger partial charge in [0.05, 0.1) is 5.52 Å². The molecule has 1 fully saturated rings. The maximum atomic E-state index is 4.82. The molecular weight excluding hydrogens is 268 g/mol. The van der Waals surface area contributed by atoms with Gasteiger partial charge in [0.25, 0.3) is 0 Å². The predicted octanol–water partition coefficient (Wildman–Crippen LogP) is 5.59. The molecule has 3 rings (SSSR count). The third-order valence-electron chi connectivity index (χ3n) is 5.14. The minimum absolute atomic E-state index is 0.159. The third-order valence-corrected chi connectivity index (χ3v) is 5.14. The Hall–Kier alpha value is -1.44. The number of fused-ring (bicyclic) bond motifs is 1. The highest BCUT2D eigenvalue weighted by molar-refractivity contribution is 5.86. The van der Waals surface area contributed by atoms with E-state index in [1.54, 1.807) is 0 Å². The highest BCUT2D eigenvalue weighted by Gasteiger charge is 2.25. The lowest BCUT2D eigenvalue weighted by Gasteiger charge is -2.28. The lowest BCUT2D eigenvalue weighted by Crippen LogP contribution is -2.16. The van der Waals surface area contributed by atoms with Crippen molar-refractivity contribution in [3.05, 3.63) is 34.8 Å². The van der Waals surface area contributed by atoms with Crippen molar-refractivity contribution in [3.63, 3.8) is 0 Å². The summed E-state index contributed by atoms with van der Waals surface area (Å²) >= 11 is 0. The van der Waals surface area contributed by atoms with Gasteiger partial charge < -0.3 is 0 Å². The third kappa shape index (κ3) is 2.76. The molecule has 2 heteroatoms. The summed E-state index contributed by atoms with van der Waals surface area (Å²) in [4.78, 5) is 9.29. The molecule has 2 aromatic rings. The van der Waals surface area contributed by atoms with Gasteiger partial charge in [-0.05, 0) is 54.7 Å². The first-order valence-electron chi connectivity index (χ1n) is 8.65. The van der Waals surface area contributed by atoms with Crippen LogP contribution in [0.1, 0.15) is 81.3 Å². The summed E-state index contributed by atoms with van der Waals surface area (Å²) in [6, 6.07) is 2.46. The molecule has 1 aliphatic carbocycles. The van der Waals surface area contributed by atoms with E-state index in [1.165, 1.54) is 59.7 Å². The standard InChI is InChI=1S/C20H28N2/c1-13-17-12-21-14(2)22-19(17)16(11-18(13)20(3,4)5)15-9-7-6-8-10-15/h11-12,15H,6-10H2,1-5H3. The average molecular weight is 296 g/mol. The van der Waals surface area contributed by atoms with Gasteiger partial charge in [0.2, 0.25) is 0 Å². The summed E-state index contributed by atoms with van der Waals surface area (Å²) in [5, 5.41) is 1.25. The van der Waals surface area contributed by atoms with Gasteiger partial charge in [-0.3, -0.25) is 0 Å². The first-order valence-corrected chi connectivity index (χ1v) is 8.65. The number of nitrogens with zero attached hydrogens (tertiary/aromatic N) is 2. The zero-order valence-corrected chi connectivity index (χ0v) is 14.7. The molecule has 0 bridgehead atoms. The predicted molar refractivity (Wildman–Crippen MR) is 93.5 cm³/mol. The number of benzene rings is 1. The van der Waals surface area contributed by atoms with Crippen LogP contribution in [0.5, 0.6) is 0 Å². The van der Waals surface area contributed by atoms with E-state index in [2.05, 4.69) is 38.7 Å². The second kappa shape index (κ2) is 5.64. The monoisotopic (exact) mass is 296 g/mol. The Labute approximate surface area is 134 Å². The summed E-state index contributed by atoms with van der Waals surface area (Å²) in [5.74, 6) is 1.56. The van der Waals surface area contributed by atoms with Crippen molar-refractivity contribution >= 4 is 10.9 Å². The largest absolute Gasteiger partial charge is 0.241 e. The molecule has 0 saturated heterocycles. The van der Waals surface area contributed by atoms with Crippen molar-refractivity contribution in [2.75, 3.05) is 0 Å². The Bertz CT molecular complexity index is 689. The van der Waals surface area contributed by atoms with Crippen LogP contribution in [0.25, 0.3) is 10.9 Å². The van der Waals surface area contributed by atoms with Gasteiger partial charge in [0.15, 0.2) is 0 Å². The van der Waals surface area contributed by atoms with E-state index in [0.29, 0.717) is 5.92 Å². The normalized spacial score (nSPS) is 17.1. The molecule has 118 valence electrons. The molecule has 0 radical (unpaired) electrons. The maximum Gasteiger partial charge on any atom is 0.125 e. The smallest absolute Gasteiger partial charge is 0.125 e. The van der Waals surface area contributed by atoms with E-state index < -0.39 is 0 Å². The Morgan fingerprint density at radius 1 is 1.05 bits per heavy atom. The highest BCUT2D eigenvalue weighted by atomic mass is 14.9. The molecule has 1 aromatic carbocycles. The molecule has 0 atom stereocenters. The zero-order chi connectivity index (χ0) is 15.9. The second-order valence-corrected chi connectivity index (χ2v) is 7.90. The molecule has 22 heavy (non-hydrogen) atoms. The molecule has 0 spiro atoms. The van der Waals surface area contributed by atoms with Crippen LogP contribution in [0.4, 0.5) is 0 Å². The van der Waals surface area contributed by atoms with Crippen molar-refractivity contribution in [1.29, 1.82) is 0 Å². The van der Waals surface area contributed by atoms with Crippen LogP contribution < -0.4 is 0 Å². The van der Waals surface area contributed by atoms with Crippen LogP contribution >= 0.6 is 0 Å². The summed E-state index contributed by atoms with van der Waals surface area (Å²) < 4.78 is 0. The van der Waals surface area contributed by atoms with Crippen molar-refractivity contribution in [3.8, 4) is 0 Å². The molecular formula is C20H28N2. The van der Waals surface area contributed by atoms with Gasteiger partial charge >= 0.3 is 0 Å². The molecule has 0 unspecified atom stereocenters. The van der Waals surface area contributed by atoms with Crippen molar-refractivity contribution in [2.24, 2.45) is 0 Å². The van der Waals surface area contributed by atoms with E-state index in [-0.39, 0.29) is 5.41 Å². The van der Waals surface area contributed by atoms with Crippen LogP contribution in [0.3, 0.4) is 0 Å². The molecule has 1 aromatic heterocycles. The molecule has 1 aliphatic rings. The lowest BCUT2D eigenvalue weighted by atomic mass is 9.77. The van der Waals surface area contributed by atoms with Crippen LogP contribution in [-0.4, -0.2) is 9.97 Å². The summed E-state index contributed by atoms with van der Waals surface area (Å²) in [6.45, 7) is 11.1. The van der Waals surface area contributed by atoms with E-state index in [0.717, 1.165) is 5.82 Å². The Balaban J connectivity index is 2.27. The second-order valence-electron chi connectivity index (χ2n) is 7.90. The number of aryl methyl sites for hydroxylation is 2. The Kier molecular flexibility index (Phi) is 3.96. The average Bonchev–Trinajstić information content (AvgIpc) is 2.47. The first kappa shape index (κ1) is 15.5. The molecule has 1 heterocycles. The maximum absolute atomic E-state index is 4.82. The number of hydrogen-bond acceptors (Lipinski definition) is 2. The molecule has 0 aliphatic heterocycles. The Morgan fingerprint density at radius 3 is 2.36 bits per heavy atom. The molecule has 0 N–H and O–H groups in total. The van der Waals surface area contributed by atoms with E-state index in [9.17, 15) is 0 Å². The number of aromatic nitrogens is 2. The number of rotatable bonds is 1. The highest BCUT2D eigenvalue weighted by Crippen LogP contribution is 2.40. The zero-order valence-electron chi connectivity index (χ0n) is 14.7. The van der Waals surface area contributed by atoms with Gasteiger partial charge in [-0.1, -0.05) is 46.1 Å². The SMILES string of the molecule is Cc1ncc2c(C)c(C(C)(C)C)cc(C3CCCCC3)c2n1. The fraction of sp³-hybridized carbons (Fsp3) is 0.600. The van der Waals surface area contributed by atoms with E-state index >= 15 is 0 Å². The quantitative estimate of drug-likeness (QED) is 0.685. The minimum Gasteiger partial charge on any atom is -0.241 e. The van der Waals surface area contributed by atoms with Crippen molar-refractivity contribution in [2.45, 2.75) is 78.1 Å². The molecule has 0 amide bonds. The molecule has 2 nitrogen and oxygen atoms in total. The van der Waals surface area contributed by atoms with Crippen LogP contribution in [0, 0.1) is 13.8 Å². The van der Waals surface area contributed by atoms with Crippen LogP contribution in [0.2, 0.25) is 0 Å². The van der Waals surface area contributed by atoms with Crippen molar-refractivity contribution in [1.82, 2.24) is 9.97 Å². The fourth-order valence-electron chi connectivity index (χ4n) is 3.95. The topological polar surface area (TPSA) is 25.8 Å². The Morgan fingerprint density at radius 2 is 1.73 bits per heavy atom. The first-order chi connectivity index (χ1) is 10.4. The van der Waals surface area contributed by atoms with Crippen molar-refractivity contribution < 1.29 is 0 Å². The van der Waals surface area contributed by atoms with Gasteiger partial charge in [0.1, 0.15) is 5.82 Å². The van der Waals surface area contributed by atoms with Gasteiger partial charge in [-0.15, -0.1) is 0 Å². The lowest BCUT2D eigenvalue weighted by molar-refractivity contribution is 0.444. The van der Waals surface area contributed by atoms with Gasteiger partial charge in [0, 0.05) is 11.6 Å². The minimum atomic E-state index is 0.159. The summed E-state index contributed by atoms with van der Waals surface area (Å²) in [7, 11) is 0. The van der Waals surface area contributed by atoms with E-state index in [4.69, 9.17) is 4.98 Å². The fourth-order valence-corrected chi connectivity index (χ4v) is 3.95. The van der Waals surface area contributed by atoms with Crippen LogP contribution in [-0.2, 0) is 5.41 Å². The van der Waals surface area contributed by atoms with Crippen LogP contribution in [0.15, 0.2) is 12.3 Å². The molecule has 1 saturated carbocycles. The summed E-state index contributed by atoms with van der Waals surface area (Å²) in [6.07, 6.45) is 8.76. The van der Waals surface area contributed by atoms with Gasteiger partial charge in [-0.25, -0.2) is 9.97 Å². The van der Waals surface area contributed by atoms with Gasteiger partial charge in [-0.2, -0.15) is 0 Å². The number of hydrogen-bond donors (Lipinski definition) is 0.